The summed E-state index contributed by atoms with van der Waals surface area (Å²) in [5.41, 5.74) is 1.98. The van der Waals surface area contributed by atoms with Crippen LogP contribution in [0.3, 0.4) is 0 Å². The zero-order chi connectivity index (χ0) is 8.27. The molecule has 1 aliphatic rings. The molecular weight excluding hydrogens is 136 g/mol. The van der Waals surface area contributed by atoms with E-state index in [0.717, 1.165) is 30.4 Å². The summed E-state index contributed by atoms with van der Waals surface area (Å²) in [4.78, 5) is 11.5. The van der Waals surface area contributed by atoms with Gasteiger partial charge in [-0.15, -0.1) is 0 Å². The zero-order valence-electron chi connectivity index (χ0n) is 7.18. The third-order valence-electron chi connectivity index (χ3n) is 2.17. The van der Waals surface area contributed by atoms with Gasteiger partial charge in [0, 0.05) is 0 Å². The molecule has 0 radical (unpaired) electrons. The molecule has 1 aliphatic carbocycles. The molecule has 1 saturated carbocycles. The van der Waals surface area contributed by atoms with E-state index in [1.54, 1.807) is 0 Å². The van der Waals surface area contributed by atoms with Crippen LogP contribution < -0.4 is 0 Å². The van der Waals surface area contributed by atoms with Gasteiger partial charge < -0.3 is 0 Å². The number of hydrogen-bond acceptors (Lipinski definition) is 1. The van der Waals surface area contributed by atoms with E-state index < -0.39 is 0 Å². The van der Waals surface area contributed by atoms with Crippen molar-refractivity contribution in [3.05, 3.63) is 23.3 Å². The molecule has 0 bridgehead atoms. The maximum atomic E-state index is 11.5. The van der Waals surface area contributed by atoms with Crippen LogP contribution in [0.1, 0.15) is 33.1 Å². The van der Waals surface area contributed by atoms with Gasteiger partial charge >= 0.3 is 0 Å². The Bertz CT molecular complexity index is 199. The van der Waals surface area contributed by atoms with Crippen LogP contribution in [0.5, 0.6) is 0 Å². The van der Waals surface area contributed by atoms with Crippen molar-refractivity contribution in [1.29, 1.82) is 0 Å². The molecule has 1 nitrogen and oxygen atoms in total. The summed E-state index contributed by atoms with van der Waals surface area (Å²) in [6.07, 6.45) is 6.93. The number of allylic oxidation sites excluding steroid dienone is 4. The van der Waals surface area contributed by atoms with E-state index in [4.69, 9.17) is 0 Å². The normalized spacial score (nSPS) is 26.5. The molecule has 0 atom stereocenters. The highest BCUT2D eigenvalue weighted by Crippen LogP contribution is 2.23. The first-order valence-corrected chi connectivity index (χ1v) is 4.14. The fourth-order valence-electron chi connectivity index (χ4n) is 1.45. The molecule has 0 aliphatic heterocycles. The van der Waals surface area contributed by atoms with Crippen molar-refractivity contribution >= 4 is 5.78 Å². The average Bonchev–Trinajstić information content (AvgIpc) is 2.05. The highest BCUT2D eigenvalue weighted by atomic mass is 16.1. The van der Waals surface area contributed by atoms with Gasteiger partial charge in [0.15, 0.2) is 5.78 Å². The van der Waals surface area contributed by atoms with Gasteiger partial charge in [-0.2, -0.15) is 0 Å². The van der Waals surface area contributed by atoms with Crippen LogP contribution in [-0.2, 0) is 4.79 Å². The summed E-state index contributed by atoms with van der Waals surface area (Å²) in [6.45, 7) is 3.87. The molecule has 1 fully saturated rings. The van der Waals surface area contributed by atoms with Gasteiger partial charge in [0.05, 0.1) is 0 Å². The average molecular weight is 150 g/mol. The van der Waals surface area contributed by atoms with Crippen molar-refractivity contribution < 1.29 is 4.79 Å². The summed E-state index contributed by atoms with van der Waals surface area (Å²) in [7, 11) is 0. The molecule has 0 aromatic rings. The second kappa shape index (κ2) is 3.51. The molecule has 11 heavy (non-hydrogen) atoms. The van der Waals surface area contributed by atoms with E-state index in [9.17, 15) is 4.79 Å². The van der Waals surface area contributed by atoms with Gasteiger partial charge in [0.2, 0.25) is 0 Å². The number of carbonyl (C=O) groups is 1. The third-order valence-corrected chi connectivity index (χ3v) is 2.17. The van der Waals surface area contributed by atoms with Gasteiger partial charge in [-0.05, 0) is 44.3 Å². The Morgan fingerprint density at radius 2 is 1.55 bits per heavy atom. The van der Waals surface area contributed by atoms with Crippen molar-refractivity contribution in [3.8, 4) is 0 Å². The maximum Gasteiger partial charge on any atom is 0.184 e. The fourth-order valence-corrected chi connectivity index (χ4v) is 1.45. The van der Waals surface area contributed by atoms with E-state index in [-0.39, 0.29) is 5.78 Å². The fraction of sp³-hybridized carbons (Fsp3) is 0.500. The lowest BCUT2D eigenvalue weighted by Crippen LogP contribution is -2.11. The molecule has 0 unspecified atom stereocenters. The molecule has 0 heterocycles. The van der Waals surface area contributed by atoms with Crippen molar-refractivity contribution in [3.63, 3.8) is 0 Å². The Morgan fingerprint density at radius 3 is 1.91 bits per heavy atom. The van der Waals surface area contributed by atoms with E-state index in [2.05, 4.69) is 0 Å². The Kier molecular flexibility index (Phi) is 2.64. The molecule has 0 aromatic heterocycles. The molecule has 1 heteroatoms. The summed E-state index contributed by atoms with van der Waals surface area (Å²) < 4.78 is 0. The quantitative estimate of drug-likeness (QED) is 0.485. The van der Waals surface area contributed by atoms with Crippen LogP contribution in [-0.4, -0.2) is 5.78 Å². The van der Waals surface area contributed by atoms with E-state index in [0.29, 0.717) is 0 Å². The number of hydrogen-bond donors (Lipinski definition) is 0. The number of ketones is 1. The first-order chi connectivity index (χ1) is 5.29. The first-order valence-electron chi connectivity index (χ1n) is 4.14. The lowest BCUT2D eigenvalue weighted by Gasteiger charge is -2.14. The van der Waals surface area contributed by atoms with E-state index >= 15 is 0 Å². The minimum Gasteiger partial charge on any atom is -0.289 e. The molecule has 0 N–H and O–H groups in total. The Hall–Kier alpha value is -0.850. The minimum absolute atomic E-state index is 0.265. The highest BCUT2D eigenvalue weighted by molar-refractivity contribution is 6.08. The maximum absolute atomic E-state index is 11.5. The molecular formula is C10H14O. The zero-order valence-corrected chi connectivity index (χ0v) is 7.18. The lowest BCUT2D eigenvalue weighted by molar-refractivity contribution is -0.113. The summed E-state index contributed by atoms with van der Waals surface area (Å²) in [5, 5.41) is 0. The number of Topliss-reactive ketones (excluding diaryl/α,β-unsaturated/α-hetero) is 1. The molecule has 60 valence electrons. The van der Waals surface area contributed by atoms with Gasteiger partial charge in [0.1, 0.15) is 0 Å². The topological polar surface area (TPSA) is 17.1 Å². The molecule has 0 spiro atoms. The van der Waals surface area contributed by atoms with Crippen molar-refractivity contribution in [2.75, 3.05) is 0 Å². The van der Waals surface area contributed by atoms with Crippen LogP contribution >= 0.6 is 0 Å². The van der Waals surface area contributed by atoms with Crippen LogP contribution in [0, 0.1) is 0 Å². The van der Waals surface area contributed by atoms with Crippen LogP contribution in [0.4, 0.5) is 0 Å². The van der Waals surface area contributed by atoms with Crippen molar-refractivity contribution in [2.24, 2.45) is 0 Å². The molecule has 0 amide bonds. The molecule has 1 rings (SSSR count). The van der Waals surface area contributed by atoms with Gasteiger partial charge in [0.25, 0.3) is 0 Å². The third kappa shape index (κ3) is 1.59. The minimum atomic E-state index is 0.265. The summed E-state index contributed by atoms with van der Waals surface area (Å²) in [6, 6.07) is 0. The predicted octanol–water partition coefficient (Wildman–Crippen LogP) is 2.63. The lowest BCUT2D eigenvalue weighted by atomic mass is 9.89. The monoisotopic (exact) mass is 150 g/mol. The van der Waals surface area contributed by atoms with Gasteiger partial charge in [-0.3, -0.25) is 4.79 Å². The Labute approximate surface area is 67.8 Å². The Balaban J connectivity index is 2.84. The highest BCUT2D eigenvalue weighted by Gasteiger charge is 2.18. The van der Waals surface area contributed by atoms with Crippen LogP contribution in [0.15, 0.2) is 23.3 Å². The largest absolute Gasteiger partial charge is 0.289 e. The standard InChI is InChI=1S/C10H14O/c1-3-8-6-5-7-9(4-2)10(8)11/h3-4H,5-7H2,1-2H3/b8-3-,9-4+. The van der Waals surface area contributed by atoms with Crippen molar-refractivity contribution in [1.82, 2.24) is 0 Å². The molecule has 0 saturated heterocycles. The summed E-state index contributed by atoms with van der Waals surface area (Å²) >= 11 is 0. The first kappa shape index (κ1) is 8.25. The van der Waals surface area contributed by atoms with E-state index in [1.165, 1.54) is 0 Å². The predicted molar refractivity (Wildman–Crippen MR) is 46.4 cm³/mol. The van der Waals surface area contributed by atoms with Gasteiger partial charge in [-0.25, -0.2) is 0 Å². The van der Waals surface area contributed by atoms with Crippen molar-refractivity contribution in [2.45, 2.75) is 33.1 Å². The summed E-state index contributed by atoms with van der Waals surface area (Å²) in [5.74, 6) is 0.265. The van der Waals surface area contributed by atoms with Crippen LogP contribution in [0.25, 0.3) is 0 Å². The Morgan fingerprint density at radius 1 is 1.09 bits per heavy atom. The second-order valence-electron chi connectivity index (χ2n) is 2.81. The number of carbonyl (C=O) groups excluding carboxylic acids is 1. The van der Waals surface area contributed by atoms with Gasteiger partial charge in [-0.1, -0.05) is 12.2 Å². The van der Waals surface area contributed by atoms with Crippen LogP contribution in [0.2, 0.25) is 0 Å². The second-order valence-corrected chi connectivity index (χ2v) is 2.81. The SMILES string of the molecule is C/C=C1/CCC/C(=C\C)C1=O. The smallest absolute Gasteiger partial charge is 0.184 e. The van der Waals surface area contributed by atoms with E-state index in [1.807, 2.05) is 26.0 Å². The number of rotatable bonds is 0. The molecule has 0 aromatic carbocycles.